The molecule has 1 amide bonds. The van der Waals surface area contributed by atoms with Crippen molar-refractivity contribution in [1.29, 1.82) is 0 Å². The molecule has 2 heterocycles. The van der Waals surface area contributed by atoms with E-state index in [9.17, 15) is 13.2 Å². The van der Waals surface area contributed by atoms with Gasteiger partial charge < -0.3 is 9.32 Å². The van der Waals surface area contributed by atoms with Crippen molar-refractivity contribution in [3.8, 4) is 0 Å². The van der Waals surface area contributed by atoms with Gasteiger partial charge in [-0.3, -0.25) is 9.10 Å². The van der Waals surface area contributed by atoms with Gasteiger partial charge in [0.15, 0.2) is 0 Å². The average Bonchev–Trinajstić information content (AvgIpc) is 3.28. The molecule has 0 atom stereocenters. The molecule has 0 bridgehead atoms. The van der Waals surface area contributed by atoms with Crippen LogP contribution in [0.15, 0.2) is 46.9 Å². The smallest absolute Gasteiger partial charge is 0.253 e. The van der Waals surface area contributed by atoms with Crippen molar-refractivity contribution in [2.24, 2.45) is 0 Å². The van der Waals surface area contributed by atoms with Gasteiger partial charge >= 0.3 is 0 Å². The van der Waals surface area contributed by atoms with Crippen LogP contribution in [0.1, 0.15) is 34.2 Å². The SMILES string of the molecule is CCc1oc2ccccc2c1CN(C)C(=O)c1ccc2c(c1)CCN2S(C)(=O)=O. The maximum Gasteiger partial charge on any atom is 0.253 e. The Kier molecular flexibility index (Phi) is 4.86. The Bertz CT molecular complexity index is 1200. The Morgan fingerprint density at radius 1 is 1.21 bits per heavy atom. The summed E-state index contributed by atoms with van der Waals surface area (Å²) in [4.78, 5) is 14.7. The fraction of sp³-hybridized carbons (Fsp3) is 0.318. The number of aryl methyl sites for hydroxylation is 1. The lowest BCUT2D eigenvalue weighted by atomic mass is 10.1. The first-order valence-corrected chi connectivity index (χ1v) is 11.5. The molecule has 0 saturated carbocycles. The third-order valence-corrected chi connectivity index (χ3v) is 6.60. The van der Waals surface area contributed by atoms with E-state index in [4.69, 9.17) is 4.42 Å². The molecule has 0 unspecified atom stereocenters. The Labute approximate surface area is 170 Å². The van der Waals surface area contributed by atoms with E-state index in [1.807, 2.05) is 37.3 Å². The third-order valence-electron chi connectivity index (χ3n) is 5.42. The summed E-state index contributed by atoms with van der Waals surface area (Å²) in [6, 6.07) is 13.1. The predicted molar refractivity (Wildman–Crippen MR) is 114 cm³/mol. The molecule has 0 saturated heterocycles. The predicted octanol–water partition coefficient (Wildman–Crippen LogP) is 3.59. The fourth-order valence-corrected chi connectivity index (χ4v) is 4.95. The van der Waals surface area contributed by atoms with Crippen LogP contribution in [0.4, 0.5) is 5.69 Å². The number of furan rings is 1. The standard InChI is InChI=1S/C22H24N2O4S/c1-4-20-18(17-7-5-6-8-21(17)28-20)14-23(2)22(25)16-9-10-19-15(13-16)11-12-24(19)29(3,26)27/h5-10,13H,4,11-12,14H2,1-3H3. The Morgan fingerprint density at radius 2 is 1.97 bits per heavy atom. The van der Waals surface area contributed by atoms with Gasteiger partial charge in [0.1, 0.15) is 11.3 Å². The van der Waals surface area contributed by atoms with Crippen molar-refractivity contribution < 1.29 is 17.6 Å². The van der Waals surface area contributed by atoms with Crippen LogP contribution < -0.4 is 4.31 Å². The number of fused-ring (bicyclic) bond motifs is 2. The number of carbonyl (C=O) groups is 1. The van der Waals surface area contributed by atoms with E-state index in [0.717, 1.165) is 34.3 Å². The van der Waals surface area contributed by atoms with Crippen molar-refractivity contribution in [3.05, 3.63) is 64.9 Å². The molecule has 7 heteroatoms. The number of carbonyl (C=O) groups excluding carboxylic acids is 1. The van der Waals surface area contributed by atoms with Crippen LogP contribution in [-0.2, 0) is 29.4 Å². The first kappa shape index (κ1) is 19.5. The van der Waals surface area contributed by atoms with Crippen LogP contribution in [0.25, 0.3) is 11.0 Å². The number of amides is 1. The van der Waals surface area contributed by atoms with E-state index in [-0.39, 0.29) is 5.91 Å². The van der Waals surface area contributed by atoms with Gasteiger partial charge in [0.25, 0.3) is 5.91 Å². The average molecular weight is 413 g/mol. The summed E-state index contributed by atoms with van der Waals surface area (Å²) in [6.07, 6.45) is 2.57. The molecule has 0 radical (unpaired) electrons. The summed E-state index contributed by atoms with van der Waals surface area (Å²) in [6.45, 7) is 2.91. The highest BCUT2D eigenvalue weighted by Crippen LogP contribution is 2.32. The van der Waals surface area contributed by atoms with Crippen molar-refractivity contribution in [1.82, 2.24) is 4.90 Å². The summed E-state index contributed by atoms with van der Waals surface area (Å²) >= 11 is 0. The molecule has 4 rings (SSSR count). The van der Waals surface area contributed by atoms with Gasteiger partial charge in [-0.1, -0.05) is 25.1 Å². The van der Waals surface area contributed by atoms with Crippen LogP contribution in [-0.4, -0.2) is 39.1 Å². The van der Waals surface area contributed by atoms with Gasteiger partial charge in [0, 0.05) is 43.1 Å². The molecule has 0 N–H and O–H groups in total. The van der Waals surface area contributed by atoms with Crippen LogP contribution >= 0.6 is 0 Å². The van der Waals surface area contributed by atoms with Crippen LogP contribution in [0.3, 0.4) is 0 Å². The molecule has 1 aromatic heterocycles. The Morgan fingerprint density at radius 3 is 2.69 bits per heavy atom. The van der Waals surface area contributed by atoms with E-state index in [2.05, 4.69) is 0 Å². The monoisotopic (exact) mass is 412 g/mol. The van der Waals surface area contributed by atoms with E-state index in [1.165, 1.54) is 10.6 Å². The molecule has 0 fully saturated rings. The molecular formula is C22H24N2O4S. The summed E-state index contributed by atoms with van der Waals surface area (Å²) in [5.74, 6) is 0.793. The van der Waals surface area contributed by atoms with E-state index in [0.29, 0.717) is 30.8 Å². The Hall–Kier alpha value is -2.80. The maximum atomic E-state index is 13.0. The lowest BCUT2D eigenvalue weighted by Gasteiger charge is -2.19. The van der Waals surface area contributed by atoms with E-state index >= 15 is 0 Å². The molecule has 0 aliphatic carbocycles. The molecule has 152 valence electrons. The largest absolute Gasteiger partial charge is 0.461 e. The molecule has 0 spiro atoms. The first-order chi connectivity index (χ1) is 13.8. The summed E-state index contributed by atoms with van der Waals surface area (Å²) in [7, 11) is -1.52. The molecule has 6 nitrogen and oxygen atoms in total. The molecule has 1 aliphatic rings. The van der Waals surface area contributed by atoms with Crippen molar-refractivity contribution >= 4 is 32.6 Å². The van der Waals surface area contributed by atoms with Crippen LogP contribution in [0, 0.1) is 0 Å². The van der Waals surface area contributed by atoms with Crippen molar-refractivity contribution in [3.63, 3.8) is 0 Å². The summed E-state index contributed by atoms with van der Waals surface area (Å²) in [5, 5.41) is 1.03. The second-order valence-corrected chi connectivity index (χ2v) is 9.35. The molecular weight excluding hydrogens is 388 g/mol. The molecule has 29 heavy (non-hydrogen) atoms. The first-order valence-electron chi connectivity index (χ1n) is 9.65. The number of hydrogen-bond donors (Lipinski definition) is 0. The summed E-state index contributed by atoms with van der Waals surface area (Å²) < 4.78 is 31.2. The van der Waals surface area contributed by atoms with Gasteiger partial charge in [-0.15, -0.1) is 0 Å². The minimum atomic E-state index is -3.30. The number of benzene rings is 2. The van der Waals surface area contributed by atoms with Gasteiger partial charge in [0.05, 0.1) is 11.9 Å². The van der Waals surface area contributed by atoms with Gasteiger partial charge in [-0.05, 0) is 36.2 Å². The lowest BCUT2D eigenvalue weighted by molar-refractivity contribution is 0.0785. The quantitative estimate of drug-likeness (QED) is 0.642. The highest BCUT2D eigenvalue weighted by Gasteiger charge is 2.27. The van der Waals surface area contributed by atoms with Gasteiger partial charge in [0.2, 0.25) is 10.0 Å². The van der Waals surface area contributed by atoms with Gasteiger partial charge in [-0.2, -0.15) is 0 Å². The number of hydrogen-bond acceptors (Lipinski definition) is 4. The van der Waals surface area contributed by atoms with Crippen LogP contribution in [0.2, 0.25) is 0 Å². The number of nitrogens with zero attached hydrogens (tertiary/aromatic N) is 2. The molecule has 3 aromatic rings. The number of para-hydroxylation sites is 1. The van der Waals surface area contributed by atoms with Crippen molar-refractivity contribution in [2.75, 3.05) is 24.2 Å². The number of anilines is 1. The minimum absolute atomic E-state index is 0.0991. The number of sulfonamides is 1. The zero-order valence-electron chi connectivity index (χ0n) is 16.8. The Balaban J connectivity index is 1.60. The minimum Gasteiger partial charge on any atom is -0.461 e. The van der Waals surface area contributed by atoms with Crippen molar-refractivity contribution in [2.45, 2.75) is 26.3 Å². The van der Waals surface area contributed by atoms with E-state index < -0.39 is 10.0 Å². The maximum absolute atomic E-state index is 13.0. The zero-order chi connectivity index (χ0) is 20.8. The lowest BCUT2D eigenvalue weighted by Crippen LogP contribution is -2.28. The molecule has 2 aromatic carbocycles. The van der Waals surface area contributed by atoms with Gasteiger partial charge in [-0.25, -0.2) is 8.42 Å². The fourth-order valence-electron chi connectivity index (χ4n) is 3.99. The highest BCUT2D eigenvalue weighted by atomic mass is 32.2. The second kappa shape index (κ2) is 7.22. The zero-order valence-corrected chi connectivity index (χ0v) is 17.6. The third kappa shape index (κ3) is 3.51. The summed E-state index contributed by atoms with van der Waals surface area (Å²) in [5.41, 5.74) is 3.98. The highest BCUT2D eigenvalue weighted by molar-refractivity contribution is 7.92. The second-order valence-electron chi connectivity index (χ2n) is 7.44. The molecule has 1 aliphatic heterocycles. The topological polar surface area (TPSA) is 70.8 Å². The number of rotatable bonds is 5. The van der Waals surface area contributed by atoms with Crippen LogP contribution in [0.5, 0.6) is 0 Å². The normalized spacial score (nSPS) is 13.7. The van der Waals surface area contributed by atoms with E-state index in [1.54, 1.807) is 24.1 Å².